The summed E-state index contributed by atoms with van der Waals surface area (Å²) in [7, 11) is 0. The molecule has 1 heterocycles. The van der Waals surface area contributed by atoms with E-state index in [0.717, 1.165) is 24.0 Å². The molecule has 0 amide bonds. The van der Waals surface area contributed by atoms with Gasteiger partial charge >= 0.3 is 5.97 Å². The Balaban J connectivity index is 2.40. The maximum atomic E-state index is 12.0. The lowest BCUT2D eigenvalue weighted by Gasteiger charge is -2.18. The molecule has 98 valence electrons. The van der Waals surface area contributed by atoms with Crippen LogP contribution in [0.5, 0.6) is 0 Å². The fraction of sp³-hybridized carbons (Fsp3) is 0.571. The van der Waals surface area contributed by atoms with E-state index in [0.29, 0.717) is 18.7 Å². The maximum absolute atomic E-state index is 12.0. The topological polar surface area (TPSA) is 48.3 Å². The molecule has 0 saturated carbocycles. The zero-order valence-electron chi connectivity index (χ0n) is 11.2. The molecule has 1 atom stereocenters. The lowest BCUT2D eigenvalue weighted by molar-refractivity contribution is -0.146. The van der Waals surface area contributed by atoms with Crippen LogP contribution in [0, 0.1) is 6.92 Å². The Labute approximate surface area is 107 Å². The van der Waals surface area contributed by atoms with Gasteiger partial charge in [-0.3, -0.25) is 4.79 Å². The first kappa shape index (κ1) is 12.9. The Bertz CT molecular complexity index is 487. The van der Waals surface area contributed by atoms with E-state index in [1.54, 1.807) is 18.4 Å². The number of rotatable bonds is 3. The molecule has 2 rings (SSSR count). The molecule has 4 heteroatoms. The number of aryl methyl sites for hydroxylation is 1. The second-order valence-electron chi connectivity index (χ2n) is 4.75. The number of hydrogen-bond donors (Lipinski definition) is 0. The molecule has 0 unspecified atom stereocenters. The summed E-state index contributed by atoms with van der Waals surface area (Å²) in [5.41, 5.74) is 2.90. The number of carbonyl (C=O) groups excluding carboxylic acids is 2. The highest BCUT2D eigenvalue weighted by Crippen LogP contribution is 2.28. The van der Waals surface area contributed by atoms with E-state index in [9.17, 15) is 9.59 Å². The van der Waals surface area contributed by atoms with Crippen LogP contribution in [-0.4, -0.2) is 22.9 Å². The van der Waals surface area contributed by atoms with Crippen molar-refractivity contribution in [2.45, 2.75) is 46.1 Å². The van der Waals surface area contributed by atoms with Gasteiger partial charge in [-0.05, 0) is 44.7 Å². The lowest BCUT2D eigenvalue weighted by Crippen LogP contribution is -2.23. The molecule has 0 aromatic carbocycles. The number of ketones is 1. The Morgan fingerprint density at radius 1 is 1.50 bits per heavy atom. The third kappa shape index (κ3) is 2.07. The van der Waals surface area contributed by atoms with Crippen LogP contribution in [0.15, 0.2) is 6.20 Å². The summed E-state index contributed by atoms with van der Waals surface area (Å²) in [6.45, 7) is 5.91. The maximum Gasteiger partial charge on any atom is 0.328 e. The number of nitrogens with zero attached hydrogens (tertiary/aromatic N) is 1. The predicted molar refractivity (Wildman–Crippen MR) is 67.8 cm³/mol. The highest BCUT2D eigenvalue weighted by Gasteiger charge is 2.28. The summed E-state index contributed by atoms with van der Waals surface area (Å²) in [4.78, 5) is 23.8. The van der Waals surface area contributed by atoms with Crippen LogP contribution in [0.1, 0.15) is 54.3 Å². The SMILES string of the molecule is CCOC(=O)[C@H](C)n1cc(C)c2c1C(=O)CCC2. The smallest absolute Gasteiger partial charge is 0.328 e. The predicted octanol–water partition coefficient (Wildman–Crippen LogP) is 2.44. The zero-order chi connectivity index (χ0) is 13.3. The number of aromatic nitrogens is 1. The third-order valence-electron chi connectivity index (χ3n) is 3.49. The molecule has 0 radical (unpaired) electrons. The number of Topliss-reactive ketones (excluding diaryl/α,β-unsaturated/α-hetero) is 1. The highest BCUT2D eigenvalue weighted by molar-refractivity contribution is 5.98. The molecule has 1 aliphatic rings. The minimum absolute atomic E-state index is 0.139. The van der Waals surface area contributed by atoms with Gasteiger partial charge in [-0.15, -0.1) is 0 Å². The average Bonchev–Trinajstić information content (AvgIpc) is 2.68. The van der Waals surface area contributed by atoms with E-state index in [1.165, 1.54) is 0 Å². The molecule has 0 N–H and O–H groups in total. The van der Waals surface area contributed by atoms with Crippen LogP contribution in [-0.2, 0) is 16.0 Å². The number of hydrogen-bond acceptors (Lipinski definition) is 3. The molecule has 1 aromatic rings. The van der Waals surface area contributed by atoms with Crippen molar-refractivity contribution in [3.8, 4) is 0 Å². The number of carbonyl (C=O) groups is 2. The quantitative estimate of drug-likeness (QED) is 0.773. The van der Waals surface area contributed by atoms with E-state index in [-0.39, 0.29) is 11.8 Å². The minimum atomic E-state index is -0.436. The molecule has 0 fully saturated rings. The van der Waals surface area contributed by atoms with Crippen LogP contribution >= 0.6 is 0 Å². The van der Waals surface area contributed by atoms with Gasteiger partial charge in [0.05, 0.1) is 12.3 Å². The number of fused-ring (bicyclic) bond motifs is 1. The number of ether oxygens (including phenoxy) is 1. The Hall–Kier alpha value is -1.58. The molecule has 18 heavy (non-hydrogen) atoms. The molecule has 0 aliphatic heterocycles. The second kappa shape index (κ2) is 4.96. The van der Waals surface area contributed by atoms with Gasteiger partial charge in [-0.25, -0.2) is 4.79 Å². The van der Waals surface area contributed by atoms with Gasteiger partial charge in [0, 0.05) is 12.6 Å². The summed E-state index contributed by atoms with van der Waals surface area (Å²) in [6.07, 6.45) is 4.31. The summed E-state index contributed by atoms with van der Waals surface area (Å²) >= 11 is 0. The Kier molecular flexibility index (Phi) is 3.55. The van der Waals surface area contributed by atoms with Crippen LogP contribution in [0.2, 0.25) is 0 Å². The van der Waals surface area contributed by atoms with Crippen LogP contribution in [0.3, 0.4) is 0 Å². The first-order chi connectivity index (χ1) is 8.56. The molecule has 0 spiro atoms. The van der Waals surface area contributed by atoms with Crippen molar-refractivity contribution in [2.75, 3.05) is 6.61 Å². The first-order valence-corrected chi connectivity index (χ1v) is 6.46. The van der Waals surface area contributed by atoms with Crippen molar-refractivity contribution >= 4 is 11.8 Å². The fourth-order valence-electron chi connectivity index (χ4n) is 2.55. The lowest BCUT2D eigenvalue weighted by atomic mass is 9.94. The molecular formula is C14H19NO3. The molecule has 1 aliphatic carbocycles. The van der Waals surface area contributed by atoms with Crippen LogP contribution < -0.4 is 0 Å². The first-order valence-electron chi connectivity index (χ1n) is 6.46. The minimum Gasteiger partial charge on any atom is -0.464 e. The molecule has 4 nitrogen and oxygen atoms in total. The second-order valence-corrected chi connectivity index (χ2v) is 4.75. The van der Waals surface area contributed by atoms with Gasteiger partial charge in [0.1, 0.15) is 6.04 Å². The van der Waals surface area contributed by atoms with Crippen LogP contribution in [0.25, 0.3) is 0 Å². The zero-order valence-corrected chi connectivity index (χ0v) is 11.2. The molecule has 1 aromatic heterocycles. The fourth-order valence-corrected chi connectivity index (χ4v) is 2.55. The van der Waals surface area contributed by atoms with Crippen molar-refractivity contribution in [3.63, 3.8) is 0 Å². The van der Waals surface area contributed by atoms with E-state index in [1.807, 2.05) is 13.1 Å². The van der Waals surface area contributed by atoms with Crippen molar-refractivity contribution in [2.24, 2.45) is 0 Å². The Morgan fingerprint density at radius 2 is 2.22 bits per heavy atom. The summed E-state index contributed by atoms with van der Waals surface area (Å²) < 4.78 is 6.80. The van der Waals surface area contributed by atoms with E-state index in [2.05, 4.69) is 0 Å². The molecular weight excluding hydrogens is 230 g/mol. The molecule has 0 bridgehead atoms. The van der Waals surface area contributed by atoms with E-state index >= 15 is 0 Å². The van der Waals surface area contributed by atoms with Crippen molar-refractivity contribution in [3.05, 3.63) is 23.0 Å². The van der Waals surface area contributed by atoms with Gasteiger partial charge in [-0.1, -0.05) is 0 Å². The van der Waals surface area contributed by atoms with Crippen LogP contribution in [0.4, 0.5) is 0 Å². The number of esters is 1. The van der Waals surface area contributed by atoms with E-state index in [4.69, 9.17) is 4.74 Å². The summed E-state index contributed by atoms with van der Waals surface area (Å²) in [5.74, 6) is -0.144. The highest BCUT2D eigenvalue weighted by atomic mass is 16.5. The van der Waals surface area contributed by atoms with E-state index < -0.39 is 6.04 Å². The standard InChI is InChI=1S/C14H19NO3/c1-4-18-14(17)10(3)15-8-9(2)11-6-5-7-12(16)13(11)15/h8,10H,4-7H2,1-3H3/t10-/m0/s1. The summed E-state index contributed by atoms with van der Waals surface area (Å²) in [6, 6.07) is -0.436. The van der Waals surface area contributed by atoms with Gasteiger partial charge in [-0.2, -0.15) is 0 Å². The Morgan fingerprint density at radius 3 is 2.89 bits per heavy atom. The van der Waals surface area contributed by atoms with Gasteiger partial charge in [0.15, 0.2) is 5.78 Å². The largest absolute Gasteiger partial charge is 0.464 e. The normalized spacial score (nSPS) is 16.3. The van der Waals surface area contributed by atoms with Gasteiger partial charge < -0.3 is 9.30 Å². The third-order valence-corrected chi connectivity index (χ3v) is 3.49. The van der Waals surface area contributed by atoms with Crippen molar-refractivity contribution < 1.29 is 14.3 Å². The van der Waals surface area contributed by atoms with Crippen molar-refractivity contribution in [1.29, 1.82) is 0 Å². The van der Waals surface area contributed by atoms with Crippen molar-refractivity contribution in [1.82, 2.24) is 4.57 Å². The monoisotopic (exact) mass is 249 g/mol. The average molecular weight is 249 g/mol. The van der Waals surface area contributed by atoms with Gasteiger partial charge in [0.2, 0.25) is 0 Å². The molecule has 0 saturated heterocycles. The summed E-state index contributed by atoms with van der Waals surface area (Å²) in [5, 5.41) is 0. The van der Waals surface area contributed by atoms with Gasteiger partial charge in [0.25, 0.3) is 0 Å².